The molecule has 0 aromatic heterocycles. The molecule has 0 aromatic rings. The fourth-order valence-corrected chi connectivity index (χ4v) is 9.03. The SMILES string of the molecule is CCCCC/C=C\C/C=C\C/C=C\CCCCC(CC(=O)NC(CO)C(O)CCCCCCCCCCCCCCC)OC(=O)CCCCCCCCCCCCCCCCCCCCC. The monoisotopic (exact) mass is 928 g/mol. The molecule has 0 bridgehead atoms. The number of unbranched alkanes of at least 4 members (excludes halogenated alkanes) is 35. The van der Waals surface area contributed by atoms with E-state index in [1.54, 1.807) is 0 Å². The van der Waals surface area contributed by atoms with Crippen LogP contribution in [0.5, 0.6) is 0 Å². The van der Waals surface area contributed by atoms with Crippen LogP contribution >= 0.6 is 0 Å². The highest BCUT2D eigenvalue weighted by atomic mass is 16.5. The number of rotatable bonds is 53. The molecule has 6 nitrogen and oxygen atoms in total. The summed E-state index contributed by atoms with van der Waals surface area (Å²) in [4.78, 5) is 26.3. The van der Waals surface area contributed by atoms with E-state index in [0.29, 0.717) is 19.3 Å². The highest BCUT2D eigenvalue weighted by Crippen LogP contribution is 2.18. The number of aliphatic hydroxyl groups is 2. The zero-order valence-corrected chi connectivity index (χ0v) is 44.3. The van der Waals surface area contributed by atoms with Crippen molar-refractivity contribution in [1.29, 1.82) is 0 Å². The van der Waals surface area contributed by atoms with Gasteiger partial charge < -0.3 is 20.3 Å². The van der Waals surface area contributed by atoms with Gasteiger partial charge in [0.15, 0.2) is 0 Å². The number of nitrogens with one attached hydrogen (secondary N) is 1. The molecule has 388 valence electrons. The fourth-order valence-electron chi connectivity index (χ4n) is 9.03. The summed E-state index contributed by atoms with van der Waals surface area (Å²) in [6.07, 6.45) is 65.0. The molecule has 0 saturated heterocycles. The van der Waals surface area contributed by atoms with E-state index in [2.05, 4.69) is 62.5 Å². The van der Waals surface area contributed by atoms with Crippen molar-refractivity contribution in [1.82, 2.24) is 5.32 Å². The summed E-state index contributed by atoms with van der Waals surface area (Å²) in [5.74, 6) is -0.495. The molecule has 0 aliphatic rings. The van der Waals surface area contributed by atoms with Crippen molar-refractivity contribution in [2.24, 2.45) is 0 Å². The van der Waals surface area contributed by atoms with Gasteiger partial charge in [-0.2, -0.15) is 0 Å². The molecule has 66 heavy (non-hydrogen) atoms. The molecule has 0 spiro atoms. The van der Waals surface area contributed by atoms with Crippen molar-refractivity contribution in [2.45, 2.75) is 328 Å². The first kappa shape index (κ1) is 64.1. The lowest BCUT2D eigenvalue weighted by atomic mass is 10.0. The summed E-state index contributed by atoms with van der Waals surface area (Å²) >= 11 is 0. The lowest BCUT2D eigenvalue weighted by Crippen LogP contribution is -2.46. The van der Waals surface area contributed by atoms with E-state index < -0.39 is 18.2 Å². The van der Waals surface area contributed by atoms with Crippen LogP contribution in [0.4, 0.5) is 0 Å². The number of esters is 1. The molecule has 3 atom stereocenters. The lowest BCUT2D eigenvalue weighted by Gasteiger charge is -2.24. The average molecular weight is 929 g/mol. The molecule has 0 heterocycles. The summed E-state index contributed by atoms with van der Waals surface area (Å²) in [6.45, 7) is 6.48. The number of hydrogen-bond donors (Lipinski definition) is 3. The Morgan fingerprint density at radius 3 is 1.18 bits per heavy atom. The maximum Gasteiger partial charge on any atom is 0.306 e. The van der Waals surface area contributed by atoms with Crippen LogP contribution in [-0.4, -0.2) is 46.9 Å². The van der Waals surface area contributed by atoms with E-state index in [4.69, 9.17) is 4.74 Å². The summed E-state index contributed by atoms with van der Waals surface area (Å²) in [7, 11) is 0. The molecule has 0 rings (SSSR count). The van der Waals surface area contributed by atoms with Crippen LogP contribution < -0.4 is 5.32 Å². The Kier molecular flexibility index (Phi) is 52.5. The smallest absolute Gasteiger partial charge is 0.306 e. The number of aliphatic hydroxyl groups excluding tert-OH is 2. The minimum atomic E-state index is -0.796. The van der Waals surface area contributed by atoms with Crippen molar-refractivity contribution < 1.29 is 24.5 Å². The summed E-state index contributed by atoms with van der Waals surface area (Å²) in [5.41, 5.74) is 0. The van der Waals surface area contributed by atoms with Gasteiger partial charge >= 0.3 is 5.97 Å². The van der Waals surface area contributed by atoms with Gasteiger partial charge in [-0.05, 0) is 64.2 Å². The van der Waals surface area contributed by atoms with Crippen LogP contribution in [0.15, 0.2) is 36.5 Å². The Labute approximate surface area is 411 Å². The second-order valence-electron chi connectivity index (χ2n) is 20.1. The van der Waals surface area contributed by atoms with Crippen molar-refractivity contribution in [3.63, 3.8) is 0 Å². The first-order valence-electron chi connectivity index (χ1n) is 29.2. The van der Waals surface area contributed by atoms with Gasteiger partial charge in [-0.15, -0.1) is 0 Å². The Bertz CT molecular complexity index is 1090. The summed E-state index contributed by atoms with van der Waals surface area (Å²) in [6, 6.07) is -0.711. The molecular formula is C60H113NO5. The Morgan fingerprint density at radius 1 is 0.439 bits per heavy atom. The molecular weight excluding hydrogens is 815 g/mol. The predicted octanol–water partition coefficient (Wildman–Crippen LogP) is 18.0. The van der Waals surface area contributed by atoms with E-state index in [1.165, 1.54) is 193 Å². The van der Waals surface area contributed by atoms with E-state index in [0.717, 1.165) is 70.6 Å². The number of hydrogen-bond acceptors (Lipinski definition) is 5. The Balaban J connectivity index is 4.55. The van der Waals surface area contributed by atoms with Gasteiger partial charge in [0.1, 0.15) is 6.10 Å². The van der Waals surface area contributed by atoms with Crippen molar-refractivity contribution in [3.05, 3.63) is 36.5 Å². The third kappa shape index (κ3) is 48.5. The lowest BCUT2D eigenvalue weighted by molar-refractivity contribution is -0.151. The zero-order chi connectivity index (χ0) is 48.1. The minimum absolute atomic E-state index is 0.0561. The maximum absolute atomic E-state index is 13.3. The van der Waals surface area contributed by atoms with Crippen LogP contribution in [0.3, 0.4) is 0 Å². The van der Waals surface area contributed by atoms with E-state index >= 15 is 0 Å². The van der Waals surface area contributed by atoms with Gasteiger partial charge in [-0.1, -0.05) is 269 Å². The summed E-state index contributed by atoms with van der Waals surface area (Å²) < 4.78 is 5.95. The van der Waals surface area contributed by atoms with Gasteiger partial charge in [-0.25, -0.2) is 0 Å². The molecule has 0 saturated carbocycles. The third-order valence-electron chi connectivity index (χ3n) is 13.5. The molecule has 0 aliphatic heterocycles. The van der Waals surface area contributed by atoms with Crippen LogP contribution in [0.2, 0.25) is 0 Å². The molecule has 0 aromatic carbocycles. The van der Waals surface area contributed by atoms with E-state index in [-0.39, 0.29) is 24.9 Å². The molecule has 0 aliphatic carbocycles. The molecule has 3 unspecified atom stereocenters. The molecule has 0 radical (unpaired) electrons. The number of carbonyl (C=O) groups is 2. The summed E-state index contributed by atoms with van der Waals surface area (Å²) in [5, 5.41) is 23.8. The van der Waals surface area contributed by atoms with Gasteiger partial charge in [-0.3, -0.25) is 9.59 Å². The number of amides is 1. The van der Waals surface area contributed by atoms with Gasteiger partial charge in [0.05, 0.1) is 25.2 Å². The Morgan fingerprint density at radius 2 is 0.773 bits per heavy atom. The number of allylic oxidation sites excluding steroid dienone is 6. The highest BCUT2D eigenvalue weighted by molar-refractivity contribution is 5.77. The second kappa shape index (κ2) is 54.0. The van der Waals surface area contributed by atoms with E-state index in [1.807, 2.05) is 0 Å². The standard InChI is InChI=1S/C60H113NO5/c1-4-7-10-13-16-19-22-25-27-28-29-30-32-35-38-41-44-47-50-53-60(65)66-56(51-48-45-42-39-36-34-31-26-23-20-17-14-11-8-5-2)54-59(64)61-57(55-62)58(63)52-49-46-43-40-37-33-24-21-18-15-12-9-6-3/h17,20,26,31,36,39,56-58,62-63H,4-16,18-19,21-25,27-30,32-35,37-38,40-55H2,1-3H3,(H,61,64)/b20-17-,31-26-,39-36-. The van der Waals surface area contributed by atoms with Crippen LogP contribution in [0, 0.1) is 0 Å². The molecule has 1 amide bonds. The third-order valence-corrected chi connectivity index (χ3v) is 13.5. The van der Waals surface area contributed by atoms with Crippen LogP contribution in [-0.2, 0) is 14.3 Å². The van der Waals surface area contributed by atoms with Crippen LogP contribution in [0.25, 0.3) is 0 Å². The largest absolute Gasteiger partial charge is 0.462 e. The molecule has 3 N–H and O–H groups in total. The maximum atomic E-state index is 13.3. The van der Waals surface area contributed by atoms with Crippen LogP contribution in [0.1, 0.15) is 310 Å². The topological polar surface area (TPSA) is 95.9 Å². The second-order valence-corrected chi connectivity index (χ2v) is 20.1. The quantitative estimate of drug-likeness (QED) is 0.0321. The number of carbonyl (C=O) groups excluding carboxylic acids is 2. The van der Waals surface area contributed by atoms with Gasteiger partial charge in [0.25, 0.3) is 0 Å². The molecule has 0 fully saturated rings. The number of ether oxygens (including phenoxy) is 1. The van der Waals surface area contributed by atoms with Crippen molar-refractivity contribution in [2.75, 3.05) is 6.61 Å². The average Bonchev–Trinajstić information content (AvgIpc) is 3.31. The predicted molar refractivity (Wildman–Crippen MR) is 287 cm³/mol. The van der Waals surface area contributed by atoms with Gasteiger partial charge in [0.2, 0.25) is 5.91 Å². The fraction of sp³-hybridized carbons (Fsp3) is 0.867. The minimum Gasteiger partial charge on any atom is -0.462 e. The zero-order valence-electron chi connectivity index (χ0n) is 44.3. The van der Waals surface area contributed by atoms with Crippen molar-refractivity contribution in [3.8, 4) is 0 Å². The first-order chi connectivity index (χ1) is 32.5. The highest BCUT2D eigenvalue weighted by Gasteiger charge is 2.24. The molecule has 6 heteroatoms. The first-order valence-corrected chi connectivity index (χ1v) is 29.2. The Hall–Kier alpha value is -1.92. The van der Waals surface area contributed by atoms with Crippen molar-refractivity contribution >= 4 is 11.9 Å². The normalized spacial score (nSPS) is 13.3. The van der Waals surface area contributed by atoms with Gasteiger partial charge in [0, 0.05) is 6.42 Å². The van der Waals surface area contributed by atoms with E-state index in [9.17, 15) is 19.8 Å².